The van der Waals surface area contributed by atoms with Crippen molar-refractivity contribution in [2.24, 2.45) is 0 Å². The van der Waals surface area contributed by atoms with Gasteiger partial charge in [0.1, 0.15) is 11.3 Å². The third-order valence-corrected chi connectivity index (χ3v) is 5.64. The molecule has 0 aliphatic carbocycles. The molecule has 1 aromatic heterocycles. The van der Waals surface area contributed by atoms with E-state index in [1.807, 2.05) is 15.9 Å². The van der Waals surface area contributed by atoms with Crippen molar-refractivity contribution in [1.29, 1.82) is 0 Å². The van der Waals surface area contributed by atoms with Crippen molar-refractivity contribution in [2.75, 3.05) is 19.6 Å². The number of rotatable bonds is 5. The SMILES string of the molecule is CCC[C@H](C)N1CC2(CCN(C(=O)c3cc(C(C)C)[nH]n3)CC2)OC1=O. The summed E-state index contributed by atoms with van der Waals surface area (Å²) in [5.41, 5.74) is 0.989. The van der Waals surface area contributed by atoms with Gasteiger partial charge in [0.2, 0.25) is 0 Å². The second-order valence-electron chi connectivity index (χ2n) is 7.97. The first-order chi connectivity index (χ1) is 12.3. The number of carbonyl (C=O) groups is 2. The van der Waals surface area contributed by atoms with E-state index in [9.17, 15) is 9.59 Å². The van der Waals surface area contributed by atoms with E-state index in [4.69, 9.17) is 4.74 Å². The van der Waals surface area contributed by atoms with E-state index in [0.29, 0.717) is 44.1 Å². The maximum atomic E-state index is 12.7. The van der Waals surface area contributed by atoms with Crippen LogP contribution in [0.25, 0.3) is 0 Å². The molecule has 7 nitrogen and oxygen atoms in total. The van der Waals surface area contributed by atoms with Crippen molar-refractivity contribution in [3.05, 3.63) is 17.5 Å². The standard InChI is InChI=1S/C19H30N4O3/c1-5-6-14(4)23-12-19(26-18(23)25)7-9-22(10-8-19)17(24)16-11-15(13(2)3)20-21-16/h11,13-14H,5-10,12H2,1-4H3,(H,20,21)/t14-/m0/s1. The van der Waals surface area contributed by atoms with Crippen LogP contribution in [0.3, 0.4) is 0 Å². The molecular weight excluding hydrogens is 332 g/mol. The van der Waals surface area contributed by atoms with Crippen molar-refractivity contribution in [3.63, 3.8) is 0 Å². The van der Waals surface area contributed by atoms with E-state index in [0.717, 1.165) is 18.5 Å². The number of amides is 2. The number of carbonyl (C=O) groups excluding carboxylic acids is 2. The Morgan fingerprint density at radius 1 is 1.35 bits per heavy atom. The molecule has 2 aliphatic heterocycles. The Balaban J connectivity index is 1.60. The molecule has 1 atom stereocenters. The molecule has 1 N–H and O–H groups in total. The van der Waals surface area contributed by atoms with Gasteiger partial charge in [-0.3, -0.25) is 9.89 Å². The van der Waals surface area contributed by atoms with Crippen LogP contribution in [0.5, 0.6) is 0 Å². The largest absolute Gasteiger partial charge is 0.441 e. The van der Waals surface area contributed by atoms with Gasteiger partial charge in [-0.25, -0.2) is 4.79 Å². The van der Waals surface area contributed by atoms with Crippen LogP contribution in [0.4, 0.5) is 4.79 Å². The average molecular weight is 362 g/mol. The highest BCUT2D eigenvalue weighted by molar-refractivity contribution is 5.92. The van der Waals surface area contributed by atoms with Crippen LogP contribution in [-0.2, 0) is 4.74 Å². The number of nitrogens with zero attached hydrogens (tertiary/aromatic N) is 3. The van der Waals surface area contributed by atoms with Gasteiger partial charge in [0, 0.05) is 37.7 Å². The number of H-pyrrole nitrogens is 1. The lowest BCUT2D eigenvalue weighted by atomic mass is 9.90. The summed E-state index contributed by atoms with van der Waals surface area (Å²) in [5, 5.41) is 7.10. The molecule has 144 valence electrons. The second kappa shape index (κ2) is 7.29. The van der Waals surface area contributed by atoms with E-state index in [1.54, 1.807) is 0 Å². The Morgan fingerprint density at radius 2 is 2.04 bits per heavy atom. The van der Waals surface area contributed by atoms with Crippen molar-refractivity contribution < 1.29 is 14.3 Å². The normalized spacial score (nSPS) is 20.7. The lowest BCUT2D eigenvalue weighted by Gasteiger charge is -2.37. The van der Waals surface area contributed by atoms with Crippen molar-refractivity contribution in [3.8, 4) is 0 Å². The maximum absolute atomic E-state index is 12.7. The predicted octanol–water partition coefficient (Wildman–Crippen LogP) is 3.15. The van der Waals surface area contributed by atoms with Gasteiger partial charge >= 0.3 is 6.09 Å². The van der Waals surface area contributed by atoms with E-state index >= 15 is 0 Å². The third-order valence-electron chi connectivity index (χ3n) is 5.64. The fraction of sp³-hybridized carbons (Fsp3) is 0.737. The second-order valence-corrected chi connectivity index (χ2v) is 7.97. The van der Waals surface area contributed by atoms with Gasteiger partial charge in [-0.1, -0.05) is 27.2 Å². The van der Waals surface area contributed by atoms with E-state index < -0.39 is 5.60 Å². The highest BCUT2D eigenvalue weighted by atomic mass is 16.6. The number of likely N-dealkylation sites (tertiary alicyclic amines) is 1. The van der Waals surface area contributed by atoms with Crippen LogP contribution >= 0.6 is 0 Å². The van der Waals surface area contributed by atoms with E-state index in [-0.39, 0.29) is 18.0 Å². The Hall–Kier alpha value is -2.05. The van der Waals surface area contributed by atoms with E-state index in [1.165, 1.54) is 0 Å². The fourth-order valence-electron chi connectivity index (χ4n) is 3.84. The number of hydrogen-bond acceptors (Lipinski definition) is 4. The van der Waals surface area contributed by atoms with E-state index in [2.05, 4.69) is 37.9 Å². The summed E-state index contributed by atoms with van der Waals surface area (Å²) in [6.45, 7) is 10.1. The summed E-state index contributed by atoms with van der Waals surface area (Å²) in [7, 11) is 0. The average Bonchev–Trinajstić information content (AvgIpc) is 3.21. The first-order valence-electron chi connectivity index (χ1n) is 9.69. The number of hydrogen-bond donors (Lipinski definition) is 1. The van der Waals surface area contributed by atoms with Gasteiger partial charge in [-0.15, -0.1) is 0 Å². The first-order valence-corrected chi connectivity index (χ1v) is 9.69. The lowest BCUT2D eigenvalue weighted by Crippen LogP contribution is -2.49. The highest BCUT2D eigenvalue weighted by Crippen LogP contribution is 2.35. The number of ether oxygens (including phenoxy) is 1. The Bertz CT molecular complexity index is 661. The molecule has 0 bridgehead atoms. The molecule has 2 amide bonds. The highest BCUT2D eigenvalue weighted by Gasteiger charge is 2.48. The number of aromatic nitrogens is 2. The molecule has 1 spiro atoms. The van der Waals surface area contributed by atoms with Crippen LogP contribution in [-0.4, -0.2) is 63.3 Å². The molecule has 0 radical (unpaired) electrons. The molecule has 2 aliphatic rings. The smallest absolute Gasteiger partial charge is 0.410 e. The summed E-state index contributed by atoms with van der Waals surface area (Å²) in [6.07, 6.45) is 3.18. The Labute approximate surface area is 155 Å². The molecule has 1 aromatic rings. The summed E-state index contributed by atoms with van der Waals surface area (Å²) in [6, 6.07) is 2.03. The van der Waals surface area contributed by atoms with Crippen LogP contribution in [0.15, 0.2) is 6.07 Å². The summed E-state index contributed by atoms with van der Waals surface area (Å²) in [4.78, 5) is 28.6. The lowest BCUT2D eigenvalue weighted by molar-refractivity contribution is 0.00290. The zero-order valence-corrected chi connectivity index (χ0v) is 16.2. The molecule has 3 rings (SSSR count). The van der Waals surface area contributed by atoms with Gasteiger partial charge in [0.25, 0.3) is 5.91 Å². The van der Waals surface area contributed by atoms with Crippen LogP contribution in [0, 0.1) is 0 Å². The van der Waals surface area contributed by atoms with Gasteiger partial charge in [0.15, 0.2) is 0 Å². The molecule has 7 heteroatoms. The number of piperidine rings is 1. The minimum absolute atomic E-state index is 0.0523. The summed E-state index contributed by atoms with van der Waals surface area (Å²) >= 11 is 0. The minimum Gasteiger partial charge on any atom is -0.441 e. The number of nitrogens with one attached hydrogen (secondary N) is 1. The molecule has 3 heterocycles. The van der Waals surface area contributed by atoms with Crippen LogP contribution < -0.4 is 0 Å². The maximum Gasteiger partial charge on any atom is 0.410 e. The molecule has 0 unspecified atom stereocenters. The fourth-order valence-corrected chi connectivity index (χ4v) is 3.84. The first kappa shape index (κ1) is 18.7. The molecule has 26 heavy (non-hydrogen) atoms. The molecule has 2 fully saturated rings. The zero-order chi connectivity index (χ0) is 18.9. The van der Waals surface area contributed by atoms with Gasteiger partial charge in [-0.05, 0) is 25.3 Å². The molecular formula is C19H30N4O3. The molecule has 0 aromatic carbocycles. The predicted molar refractivity (Wildman–Crippen MR) is 98.1 cm³/mol. The zero-order valence-electron chi connectivity index (χ0n) is 16.2. The Kier molecular flexibility index (Phi) is 5.25. The monoisotopic (exact) mass is 362 g/mol. The van der Waals surface area contributed by atoms with Crippen LogP contribution in [0.1, 0.15) is 75.5 Å². The summed E-state index contributed by atoms with van der Waals surface area (Å²) < 4.78 is 5.77. The van der Waals surface area contributed by atoms with Crippen molar-refractivity contribution >= 4 is 12.0 Å². The van der Waals surface area contributed by atoms with Crippen LogP contribution in [0.2, 0.25) is 0 Å². The topological polar surface area (TPSA) is 78.5 Å². The third kappa shape index (κ3) is 3.57. The van der Waals surface area contributed by atoms with Crippen molar-refractivity contribution in [1.82, 2.24) is 20.0 Å². The van der Waals surface area contributed by atoms with Crippen molar-refractivity contribution in [2.45, 2.75) is 70.9 Å². The quantitative estimate of drug-likeness (QED) is 0.873. The van der Waals surface area contributed by atoms with Gasteiger partial charge in [0.05, 0.1) is 6.54 Å². The minimum atomic E-state index is -0.440. The van der Waals surface area contributed by atoms with Gasteiger partial charge < -0.3 is 14.5 Å². The summed E-state index contributed by atoms with van der Waals surface area (Å²) in [5.74, 6) is 0.256. The molecule has 0 saturated carbocycles. The number of aromatic amines is 1. The van der Waals surface area contributed by atoms with Gasteiger partial charge in [-0.2, -0.15) is 5.10 Å². The molecule has 2 saturated heterocycles. The Morgan fingerprint density at radius 3 is 2.62 bits per heavy atom.